The van der Waals surface area contributed by atoms with Crippen molar-refractivity contribution in [3.63, 3.8) is 0 Å². The highest BCUT2D eigenvalue weighted by Gasteiger charge is 2.32. The standard InChI is InChI=1S/C15H21N3O2S/c1-11-9-21-14-16-12(7-13(19)18(11)14)8-17(2)10-15(20)5-3-4-6-15/h7,9,20H,3-6,8,10H2,1-2H3. The van der Waals surface area contributed by atoms with E-state index in [4.69, 9.17) is 0 Å². The normalized spacial score (nSPS) is 17.9. The molecule has 0 radical (unpaired) electrons. The number of aliphatic hydroxyl groups is 1. The van der Waals surface area contributed by atoms with Gasteiger partial charge in [0.15, 0.2) is 4.96 Å². The maximum atomic E-state index is 12.1. The Morgan fingerprint density at radius 2 is 2.19 bits per heavy atom. The van der Waals surface area contributed by atoms with E-state index in [-0.39, 0.29) is 5.56 Å². The first-order valence-corrected chi connectivity index (χ1v) is 8.23. The van der Waals surface area contributed by atoms with Crippen LogP contribution in [0.1, 0.15) is 37.1 Å². The summed E-state index contributed by atoms with van der Waals surface area (Å²) in [7, 11) is 1.97. The van der Waals surface area contributed by atoms with Crippen LogP contribution in [0.3, 0.4) is 0 Å². The van der Waals surface area contributed by atoms with Gasteiger partial charge in [-0.2, -0.15) is 0 Å². The summed E-state index contributed by atoms with van der Waals surface area (Å²) in [5.41, 5.74) is 1.10. The average Bonchev–Trinajstić information content (AvgIpc) is 2.96. The fourth-order valence-corrected chi connectivity index (χ4v) is 4.10. The summed E-state index contributed by atoms with van der Waals surface area (Å²) in [6.07, 6.45) is 3.95. The van der Waals surface area contributed by atoms with Crippen molar-refractivity contribution in [1.82, 2.24) is 14.3 Å². The van der Waals surface area contributed by atoms with Crippen molar-refractivity contribution in [2.45, 2.75) is 44.8 Å². The molecule has 1 aliphatic carbocycles. The second-order valence-electron chi connectivity index (χ2n) is 6.18. The highest BCUT2D eigenvalue weighted by molar-refractivity contribution is 7.15. The summed E-state index contributed by atoms with van der Waals surface area (Å²) >= 11 is 1.49. The number of thiazole rings is 1. The van der Waals surface area contributed by atoms with E-state index in [2.05, 4.69) is 9.88 Å². The minimum absolute atomic E-state index is 0.0262. The molecular weight excluding hydrogens is 286 g/mol. The number of hydrogen-bond acceptors (Lipinski definition) is 5. The summed E-state index contributed by atoms with van der Waals surface area (Å²) in [5, 5.41) is 12.4. The number of rotatable bonds is 4. The molecule has 1 N–H and O–H groups in total. The lowest BCUT2D eigenvalue weighted by molar-refractivity contribution is 0.0143. The SMILES string of the molecule is Cc1csc2nc(CN(C)CC3(O)CCCC3)cc(=O)n12. The van der Waals surface area contributed by atoms with Crippen molar-refractivity contribution in [2.24, 2.45) is 0 Å². The van der Waals surface area contributed by atoms with Gasteiger partial charge >= 0.3 is 0 Å². The predicted octanol–water partition coefficient (Wildman–Crippen LogP) is 1.80. The molecule has 5 nitrogen and oxygen atoms in total. The molecule has 0 aromatic carbocycles. The van der Waals surface area contributed by atoms with Crippen molar-refractivity contribution in [2.75, 3.05) is 13.6 Å². The molecule has 21 heavy (non-hydrogen) atoms. The third-order valence-electron chi connectivity index (χ3n) is 4.16. The van der Waals surface area contributed by atoms with E-state index in [0.29, 0.717) is 13.1 Å². The predicted molar refractivity (Wildman–Crippen MR) is 83.8 cm³/mol. The first-order valence-electron chi connectivity index (χ1n) is 7.35. The maximum absolute atomic E-state index is 12.1. The molecule has 2 aromatic rings. The van der Waals surface area contributed by atoms with Crippen LogP contribution in [0.25, 0.3) is 4.96 Å². The molecule has 0 saturated heterocycles. The molecule has 0 bridgehead atoms. The van der Waals surface area contributed by atoms with Gasteiger partial charge in [0.2, 0.25) is 0 Å². The van der Waals surface area contributed by atoms with Gasteiger partial charge in [-0.15, -0.1) is 11.3 Å². The molecule has 1 fully saturated rings. The van der Waals surface area contributed by atoms with E-state index < -0.39 is 5.60 Å². The van der Waals surface area contributed by atoms with Crippen LogP contribution < -0.4 is 5.56 Å². The number of likely N-dealkylation sites (N-methyl/N-ethyl adjacent to an activating group) is 1. The Morgan fingerprint density at radius 1 is 1.48 bits per heavy atom. The molecular formula is C15H21N3O2S. The van der Waals surface area contributed by atoms with Crippen molar-refractivity contribution in [3.8, 4) is 0 Å². The Balaban J connectivity index is 1.77. The maximum Gasteiger partial charge on any atom is 0.259 e. The largest absolute Gasteiger partial charge is 0.389 e. The smallest absolute Gasteiger partial charge is 0.259 e. The van der Waals surface area contributed by atoms with Gasteiger partial charge in [-0.05, 0) is 26.8 Å². The molecule has 2 aromatic heterocycles. The van der Waals surface area contributed by atoms with Crippen LogP contribution in [0.2, 0.25) is 0 Å². The van der Waals surface area contributed by atoms with Crippen LogP contribution in [0.5, 0.6) is 0 Å². The Hall–Kier alpha value is -1.24. The van der Waals surface area contributed by atoms with Gasteiger partial charge in [-0.3, -0.25) is 14.1 Å². The lowest BCUT2D eigenvalue weighted by Gasteiger charge is -2.28. The highest BCUT2D eigenvalue weighted by atomic mass is 32.1. The third-order valence-corrected chi connectivity index (χ3v) is 5.10. The van der Waals surface area contributed by atoms with Crippen LogP contribution in [-0.2, 0) is 6.54 Å². The van der Waals surface area contributed by atoms with Crippen LogP contribution in [0.4, 0.5) is 0 Å². The van der Waals surface area contributed by atoms with Gasteiger partial charge in [0, 0.05) is 30.2 Å². The molecule has 3 rings (SSSR count). The molecule has 0 unspecified atom stereocenters. The zero-order valence-corrected chi connectivity index (χ0v) is 13.3. The number of aryl methyl sites for hydroxylation is 1. The monoisotopic (exact) mass is 307 g/mol. The molecule has 114 valence electrons. The number of hydrogen-bond donors (Lipinski definition) is 1. The minimum Gasteiger partial charge on any atom is -0.389 e. The fraction of sp³-hybridized carbons (Fsp3) is 0.600. The molecule has 1 saturated carbocycles. The van der Waals surface area contributed by atoms with E-state index in [1.54, 1.807) is 10.5 Å². The summed E-state index contributed by atoms with van der Waals surface area (Å²) < 4.78 is 1.64. The van der Waals surface area contributed by atoms with E-state index in [1.165, 1.54) is 11.3 Å². The molecule has 2 heterocycles. The molecule has 0 amide bonds. The lowest BCUT2D eigenvalue weighted by atomic mass is 10.0. The van der Waals surface area contributed by atoms with Gasteiger partial charge < -0.3 is 5.11 Å². The van der Waals surface area contributed by atoms with E-state index in [0.717, 1.165) is 42.0 Å². The van der Waals surface area contributed by atoms with E-state index in [9.17, 15) is 9.90 Å². The zero-order valence-electron chi connectivity index (χ0n) is 12.5. The Kier molecular flexibility index (Phi) is 3.86. The number of aromatic nitrogens is 2. The molecule has 0 aliphatic heterocycles. The third kappa shape index (κ3) is 3.02. The van der Waals surface area contributed by atoms with Crippen LogP contribution in [0.15, 0.2) is 16.2 Å². The summed E-state index contributed by atoms with van der Waals surface area (Å²) in [4.78, 5) is 19.5. The average molecular weight is 307 g/mol. The van der Waals surface area contributed by atoms with Gasteiger partial charge in [0.1, 0.15) is 0 Å². The molecule has 1 aliphatic rings. The highest BCUT2D eigenvalue weighted by Crippen LogP contribution is 2.30. The number of fused-ring (bicyclic) bond motifs is 1. The van der Waals surface area contributed by atoms with Crippen molar-refractivity contribution in [1.29, 1.82) is 0 Å². The van der Waals surface area contributed by atoms with Crippen molar-refractivity contribution in [3.05, 3.63) is 33.2 Å². The van der Waals surface area contributed by atoms with Crippen molar-refractivity contribution < 1.29 is 5.11 Å². The van der Waals surface area contributed by atoms with Gasteiger partial charge in [-0.25, -0.2) is 4.98 Å². The van der Waals surface area contributed by atoms with E-state index in [1.807, 2.05) is 19.4 Å². The van der Waals surface area contributed by atoms with Crippen LogP contribution in [0, 0.1) is 6.92 Å². The Morgan fingerprint density at radius 3 is 2.90 bits per heavy atom. The van der Waals surface area contributed by atoms with Crippen molar-refractivity contribution >= 4 is 16.3 Å². The van der Waals surface area contributed by atoms with Gasteiger partial charge in [0.05, 0.1) is 11.3 Å². The first-order chi connectivity index (χ1) is 9.97. The topological polar surface area (TPSA) is 57.8 Å². The first kappa shape index (κ1) is 14.7. The molecule has 0 spiro atoms. The number of nitrogens with zero attached hydrogens (tertiary/aromatic N) is 3. The Bertz CT molecular complexity index is 700. The fourth-order valence-electron chi connectivity index (χ4n) is 3.21. The zero-order chi connectivity index (χ0) is 15.0. The molecule has 0 atom stereocenters. The van der Waals surface area contributed by atoms with E-state index >= 15 is 0 Å². The summed E-state index contributed by atoms with van der Waals surface area (Å²) in [5.74, 6) is 0. The summed E-state index contributed by atoms with van der Waals surface area (Å²) in [6.45, 7) is 3.14. The second-order valence-corrected chi connectivity index (χ2v) is 7.02. The summed E-state index contributed by atoms with van der Waals surface area (Å²) in [6, 6.07) is 1.60. The lowest BCUT2D eigenvalue weighted by Crippen LogP contribution is -2.39. The minimum atomic E-state index is -0.562. The Labute approximate surface area is 127 Å². The van der Waals surface area contributed by atoms with Crippen LogP contribution >= 0.6 is 11.3 Å². The van der Waals surface area contributed by atoms with Gasteiger partial charge in [0.25, 0.3) is 5.56 Å². The quantitative estimate of drug-likeness (QED) is 0.936. The molecule has 6 heteroatoms. The second kappa shape index (κ2) is 5.51. The van der Waals surface area contributed by atoms with Crippen LogP contribution in [-0.4, -0.2) is 38.6 Å². The van der Waals surface area contributed by atoms with Gasteiger partial charge in [-0.1, -0.05) is 12.8 Å².